The van der Waals surface area contributed by atoms with Crippen molar-refractivity contribution in [2.45, 2.75) is 58.0 Å². The van der Waals surface area contributed by atoms with Crippen LogP contribution in [-0.2, 0) is 6.42 Å². The summed E-state index contributed by atoms with van der Waals surface area (Å²) in [6, 6.07) is 5.21. The molecule has 2 rings (SSSR count). The predicted molar refractivity (Wildman–Crippen MR) is 79.4 cm³/mol. The molecule has 0 spiro atoms. The van der Waals surface area contributed by atoms with E-state index in [1.807, 2.05) is 6.07 Å². The van der Waals surface area contributed by atoms with Gasteiger partial charge in [0.25, 0.3) is 0 Å². The van der Waals surface area contributed by atoms with E-state index in [9.17, 15) is 0 Å². The van der Waals surface area contributed by atoms with Gasteiger partial charge >= 0.3 is 0 Å². The SMILES string of the molecule is CCCCN1CCC(NC(C)Cc2ccco2)CC1. The van der Waals surface area contributed by atoms with Gasteiger partial charge in [0.2, 0.25) is 0 Å². The molecule has 1 unspecified atom stereocenters. The first-order valence-electron chi connectivity index (χ1n) is 7.78. The highest BCUT2D eigenvalue weighted by Crippen LogP contribution is 2.13. The fraction of sp³-hybridized carbons (Fsp3) is 0.750. The second-order valence-corrected chi connectivity index (χ2v) is 5.82. The van der Waals surface area contributed by atoms with Gasteiger partial charge in [0.1, 0.15) is 5.76 Å². The fourth-order valence-electron chi connectivity index (χ4n) is 2.90. The average Bonchev–Trinajstić information content (AvgIpc) is 2.90. The third-order valence-corrected chi connectivity index (χ3v) is 4.02. The number of piperidine rings is 1. The Morgan fingerprint density at radius 3 is 2.84 bits per heavy atom. The van der Waals surface area contributed by atoms with Crippen molar-refractivity contribution in [3.05, 3.63) is 24.2 Å². The van der Waals surface area contributed by atoms with Gasteiger partial charge in [-0.25, -0.2) is 0 Å². The van der Waals surface area contributed by atoms with E-state index in [4.69, 9.17) is 4.42 Å². The number of hydrogen-bond donors (Lipinski definition) is 1. The van der Waals surface area contributed by atoms with E-state index in [-0.39, 0.29) is 0 Å². The van der Waals surface area contributed by atoms with Gasteiger partial charge in [0.05, 0.1) is 6.26 Å². The van der Waals surface area contributed by atoms with Crippen molar-refractivity contribution < 1.29 is 4.42 Å². The largest absolute Gasteiger partial charge is 0.469 e. The normalized spacial score (nSPS) is 19.7. The van der Waals surface area contributed by atoms with Gasteiger partial charge in [0.15, 0.2) is 0 Å². The number of hydrogen-bond acceptors (Lipinski definition) is 3. The van der Waals surface area contributed by atoms with E-state index in [0.29, 0.717) is 12.1 Å². The van der Waals surface area contributed by atoms with Crippen LogP contribution in [0.25, 0.3) is 0 Å². The minimum atomic E-state index is 0.498. The van der Waals surface area contributed by atoms with Crippen LogP contribution in [0.2, 0.25) is 0 Å². The lowest BCUT2D eigenvalue weighted by Gasteiger charge is -2.33. The summed E-state index contributed by atoms with van der Waals surface area (Å²) in [6.07, 6.45) is 7.96. The van der Waals surface area contributed by atoms with E-state index < -0.39 is 0 Å². The Hall–Kier alpha value is -0.800. The lowest BCUT2D eigenvalue weighted by atomic mass is 10.0. The molecule has 0 amide bonds. The van der Waals surface area contributed by atoms with Gasteiger partial charge in [-0.1, -0.05) is 13.3 Å². The van der Waals surface area contributed by atoms with Gasteiger partial charge in [-0.15, -0.1) is 0 Å². The van der Waals surface area contributed by atoms with Crippen LogP contribution in [0, 0.1) is 0 Å². The van der Waals surface area contributed by atoms with E-state index in [0.717, 1.165) is 12.2 Å². The van der Waals surface area contributed by atoms with E-state index in [2.05, 4.69) is 30.1 Å². The quantitative estimate of drug-likeness (QED) is 0.820. The maximum Gasteiger partial charge on any atom is 0.105 e. The Morgan fingerprint density at radius 1 is 1.42 bits per heavy atom. The zero-order chi connectivity index (χ0) is 13.5. The monoisotopic (exact) mass is 264 g/mol. The van der Waals surface area contributed by atoms with Crippen molar-refractivity contribution >= 4 is 0 Å². The Balaban J connectivity index is 1.64. The summed E-state index contributed by atoms with van der Waals surface area (Å²) in [5, 5.41) is 3.75. The van der Waals surface area contributed by atoms with Gasteiger partial charge in [-0.2, -0.15) is 0 Å². The van der Waals surface area contributed by atoms with E-state index in [1.54, 1.807) is 6.26 Å². The van der Waals surface area contributed by atoms with E-state index in [1.165, 1.54) is 45.3 Å². The van der Waals surface area contributed by atoms with Gasteiger partial charge in [0, 0.05) is 18.5 Å². The molecule has 0 bridgehead atoms. The molecule has 19 heavy (non-hydrogen) atoms. The first kappa shape index (κ1) is 14.6. The lowest BCUT2D eigenvalue weighted by Crippen LogP contribution is -2.46. The van der Waals surface area contributed by atoms with Crippen LogP contribution in [0.3, 0.4) is 0 Å². The molecule has 3 nitrogen and oxygen atoms in total. The molecule has 1 fully saturated rings. The molecule has 2 heterocycles. The molecule has 1 aliphatic heterocycles. The van der Waals surface area contributed by atoms with E-state index >= 15 is 0 Å². The smallest absolute Gasteiger partial charge is 0.105 e. The molecule has 108 valence electrons. The third kappa shape index (κ3) is 5.00. The summed E-state index contributed by atoms with van der Waals surface area (Å²) in [6.45, 7) is 8.32. The molecule has 0 aliphatic carbocycles. The number of unbranched alkanes of at least 4 members (excludes halogenated alkanes) is 1. The summed E-state index contributed by atoms with van der Waals surface area (Å²) in [5.41, 5.74) is 0. The van der Waals surface area contributed by atoms with Crippen molar-refractivity contribution in [3.8, 4) is 0 Å². The van der Waals surface area contributed by atoms with Crippen molar-refractivity contribution in [1.29, 1.82) is 0 Å². The Labute approximate surface area is 117 Å². The highest BCUT2D eigenvalue weighted by Gasteiger charge is 2.20. The molecule has 0 saturated carbocycles. The number of rotatable bonds is 7. The van der Waals surface area contributed by atoms with Crippen LogP contribution in [0.5, 0.6) is 0 Å². The number of nitrogens with one attached hydrogen (secondary N) is 1. The van der Waals surface area contributed by atoms with Crippen molar-refractivity contribution in [2.75, 3.05) is 19.6 Å². The molecule has 1 aromatic heterocycles. The average molecular weight is 264 g/mol. The minimum Gasteiger partial charge on any atom is -0.469 e. The van der Waals surface area contributed by atoms with Crippen LogP contribution in [-0.4, -0.2) is 36.6 Å². The predicted octanol–water partition coefficient (Wildman–Crippen LogP) is 3.06. The Kier molecular flexibility index (Phi) is 5.93. The zero-order valence-electron chi connectivity index (χ0n) is 12.4. The summed E-state index contributed by atoms with van der Waals surface area (Å²) in [5.74, 6) is 1.08. The maximum absolute atomic E-state index is 5.41. The summed E-state index contributed by atoms with van der Waals surface area (Å²) >= 11 is 0. The molecular weight excluding hydrogens is 236 g/mol. The molecule has 0 aromatic carbocycles. The molecule has 1 N–H and O–H groups in total. The Bertz CT molecular complexity index is 329. The summed E-state index contributed by atoms with van der Waals surface area (Å²) < 4.78 is 5.41. The van der Waals surface area contributed by atoms with Crippen LogP contribution < -0.4 is 5.32 Å². The third-order valence-electron chi connectivity index (χ3n) is 4.02. The first-order valence-corrected chi connectivity index (χ1v) is 7.78. The lowest BCUT2D eigenvalue weighted by molar-refractivity contribution is 0.189. The van der Waals surface area contributed by atoms with Crippen LogP contribution >= 0.6 is 0 Å². The molecule has 0 radical (unpaired) electrons. The molecule has 1 aromatic rings. The summed E-state index contributed by atoms with van der Waals surface area (Å²) in [4.78, 5) is 2.61. The van der Waals surface area contributed by atoms with Crippen LogP contribution in [0.1, 0.15) is 45.3 Å². The topological polar surface area (TPSA) is 28.4 Å². The van der Waals surface area contributed by atoms with Crippen LogP contribution in [0.4, 0.5) is 0 Å². The van der Waals surface area contributed by atoms with Crippen molar-refractivity contribution in [1.82, 2.24) is 10.2 Å². The minimum absolute atomic E-state index is 0.498. The van der Waals surface area contributed by atoms with Crippen molar-refractivity contribution in [3.63, 3.8) is 0 Å². The first-order chi connectivity index (χ1) is 9.28. The molecule has 3 heteroatoms. The van der Waals surface area contributed by atoms with Crippen molar-refractivity contribution in [2.24, 2.45) is 0 Å². The van der Waals surface area contributed by atoms with Gasteiger partial charge in [-0.05, 0) is 58.0 Å². The summed E-state index contributed by atoms with van der Waals surface area (Å²) in [7, 11) is 0. The number of furan rings is 1. The van der Waals surface area contributed by atoms with Gasteiger partial charge < -0.3 is 14.6 Å². The van der Waals surface area contributed by atoms with Gasteiger partial charge in [-0.3, -0.25) is 0 Å². The number of nitrogens with zero attached hydrogens (tertiary/aromatic N) is 1. The fourth-order valence-corrected chi connectivity index (χ4v) is 2.90. The molecular formula is C16H28N2O. The van der Waals surface area contributed by atoms with Crippen LogP contribution in [0.15, 0.2) is 22.8 Å². The highest BCUT2D eigenvalue weighted by molar-refractivity contribution is 5.00. The highest BCUT2D eigenvalue weighted by atomic mass is 16.3. The Morgan fingerprint density at radius 2 is 2.21 bits per heavy atom. The standard InChI is InChI=1S/C16H28N2O/c1-3-4-9-18-10-7-15(8-11-18)17-14(2)13-16-6-5-12-19-16/h5-6,12,14-15,17H,3-4,7-11,13H2,1-2H3. The zero-order valence-corrected chi connectivity index (χ0v) is 12.4. The molecule has 1 aliphatic rings. The second kappa shape index (κ2) is 7.71. The molecule has 1 saturated heterocycles. The number of likely N-dealkylation sites (tertiary alicyclic amines) is 1. The molecule has 1 atom stereocenters. The maximum atomic E-state index is 5.41. The second-order valence-electron chi connectivity index (χ2n) is 5.82.